The number of ketones is 1. The molecule has 0 amide bonds. The Hall–Kier alpha value is -1.68. The number of carbonyl (C=O) groups is 2. The second-order valence-electron chi connectivity index (χ2n) is 13.3. The fraction of sp³-hybridized carbons (Fsp3) is 0.862. The van der Waals surface area contributed by atoms with Crippen molar-refractivity contribution in [1.82, 2.24) is 0 Å². The molecular weight excluding hydrogens is 556 g/mol. The van der Waals surface area contributed by atoms with Crippen LogP contribution in [0.25, 0.3) is 0 Å². The van der Waals surface area contributed by atoms with Crippen LogP contribution in [0.5, 0.6) is 0 Å². The zero-order valence-electron chi connectivity index (χ0n) is 24.7. The SMILES string of the molecule is COC1=C[C@@H](C)[C@@H]2C[C@H]3OC(O[C@@H]4O[C@H](CO)[C@@H](O)[C@H](O)[C@H]4O)C[C@@H]4[C@@]3(C)[C@H](C(O)C(OC(C)=O)[C@@]4(C)O)[C@@]2(C)C1=O. The van der Waals surface area contributed by atoms with E-state index in [2.05, 4.69) is 0 Å². The highest BCUT2D eigenvalue weighted by Crippen LogP contribution is 2.69. The minimum absolute atomic E-state index is 0.0204. The first-order valence-corrected chi connectivity index (χ1v) is 14.5. The summed E-state index contributed by atoms with van der Waals surface area (Å²) in [6.45, 7) is 7.64. The van der Waals surface area contributed by atoms with Crippen molar-refractivity contribution in [3.8, 4) is 0 Å². The molecule has 3 unspecified atom stereocenters. The van der Waals surface area contributed by atoms with Crippen molar-refractivity contribution >= 4 is 11.8 Å². The van der Waals surface area contributed by atoms with Crippen LogP contribution in [0.15, 0.2) is 11.8 Å². The van der Waals surface area contributed by atoms with E-state index in [0.717, 1.165) is 0 Å². The van der Waals surface area contributed by atoms with Crippen molar-refractivity contribution in [2.45, 2.75) is 108 Å². The van der Waals surface area contributed by atoms with E-state index in [0.29, 0.717) is 6.42 Å². The molecular formula is C29H44O13. The lowest BCUT2D eigenvalue weighted by atomic mass is 9.37. The molecule has 42 heavy (non-hydrogen) atoms. The number of Topliss-reactive ketones (excluding diaryl/α,β-unsaturated/α-hetero) is 1. The normalized spacial score (nSPS) is 53.9. The minimum atomic E-state index is -1.80. The number of hydrogen-bond donors (Lipinski definition) is 6. The Balaban J connectivity index is 1.57. The van der Waals surface area contributed by atoms with Gasteiger partial charge in [0, 0.05) is 36.0 Å². The first-order chi connectivity index (χ1) is 19.5. The van der Waals surface area contributed by atoms with Gasteiger partial charge in [-0.1, -0.05) is 20.8 Å². The molecule has 5 rings (SSSR count). The van der Waals surface area contributed by atoms with Crippen molar-refractivity contribution in [1.29, 1.82) is 0 Å². The third kappa shape index (κ3) is 4.39. The number of aliphatic hydroxyl groups excluding tert-OH is 5. The Morgan fingerprint density at radius 2 is 1.71 bits per heavy atom. The second-order valence-corrected chi connectivity index (χ2v) is 13.3. The molecule has 0 bridgehead atoms. The molecule has 0 aromatic carbocycles. The maximum atomic E-state index is 14.0. The van der Waals surface area contributed by atoms with Gasteiger partial charge in [0.2, 0.25) is 5.78 Å². The van der Waals surface area contributed by atoms with E-state index < -0.39 is 96.2 Å². The summed E-state index contributed by atoms with van der Waals surface area (Å²) in [6.07, 6.45) is -10.1. The van der Waals surface area contributed by atoms with Gasteiger partial charge >= 0.3 is 5.97 Å². The van der Waals surface area contributed by atoms with E-state index in [1.165, 1.54) is 21.0 Å². The van der Waals surface area contributed by atoms with E-state index in [1.54, 1.807) is 13.0 Å². The third-order valence-electron chi connectivity index (χ3n) is 11.1. The smallest absolute Gasteiger partial charge is 0.303 e. The third-order valence-corrected chi connectivity index (χ3v) is 11.1. The summed E-state index contributed by atoms with van der Waals surface area (Å²) in [5.41, 5.74) is -3.99. The standard InChI is InChI=1S/C29H44O13/c1-11-7-14(38-6)24(36)27(3)13(11)8-17-28(4)16(29(5,37)25(39-12(2)31)22(35)23(27)28)9-18(41-17)42-26-21(34)20(33)19(32)15(10-30)40-26/h7,11,13,15-23,25-26,30,32-35,37H,8-10H2,1-6H3/t11-,13+,15-,16-,17-,18?,19-,20+,21-,22?,23-,25?,26+,27+,28-,29+/m1/s1. The van der Waals surface area contributed by atoms with Gasteiger partial charge in [-0.25, -0.2) is 0 Å². The summed E-state index contributed by atoms with van der Waals surface area (Å²) >= 11 is 0. The number of carbonyl (C=O) groups excluding carboxylic acids is 2. The first kappa shape index (κ1) is 31.7. The van der Waals surface area contributed by atoms with Crippen molar-refractivity contribution < 1.29 is 63.9 Å². The lowest BCUT2D eigenvalue weighted by Crippen LogP contribution is -2.78. The molecule has 2 saturated carbocycles. The van der Waals surface area contributed by atoms with Gasteiger partial charge in [-0.2, -0.15) is 0 Å². The molecule has 3 aliphatic carbocycles. The van der Waals surface area contributed by atoms with Crippen LogP contribution in [0.2, 0.25) is 0 Å². The molecule has 2 heterocycles. The van der Waals surface area contributed by atoms with E-state index in [9.17, 15) is 40.2 Å². The van der Waals surface area contributed by atoms with Gasteiger partial charge in [0.1, 0.15) is 30.0 Å². The largest absolute Gasteiger partial charge is 0.493 e. The zero-order chi connectivity index (χ0) is 31.1. The number of allylic oxidation sites excluding steroid dienone is 2. The molecule has 4 fully saturated rings. The number of hydrogen-bond acceptors (Lipinski definition) is 13. The van der Waals surface area contributed by atoms with Gasteiger partial charge in [0.15, 0.2) is 24.4 Å². The molecule has 2 aliphatic heterocycles. The summed E-state index contributed by atoms with van der Waals surface area (Å²) in [6, 6.07) is 0. The monoisotopic (exact) mass is 600 g/mol. The average Bonchev–Trinajstić information content (AvgIpc) is 2.92. The Labute approximate surface area is 244 Å². The Bertz CT molecular complexity index is 1110. The van der Waals surface area contributed by atoms with Gasteiger partial charge < -0.3 is 54.3 Å². The Kier molecular flexibility index (Phi) is 8.12. The van der Waals surface area contributed by atoms with Gasteiger partial charge in [0.25, 0.3) is 0 Å². The van der Waals surface area contributed by atoms with E-state index >= 15 is 0 Å². The van der Waals surface area contributed by atoms with E-state index in [-0.39, 0.29) is 29.8 Å². The number of fused-ring (bicyclic) bond motifs is 2. The quantitative estimate of drug-likeness (QED) is 0.210. The first-order valence-electron chi connectivity index (χ1n) is 14.5. The summed E-state index contributed by atoms with van der Waals surface area (Å²) < 4.78 is 29.1. The Morgan fingerprint density at radius 3 is 2.31 bits per heavy atom. The molecule has 13 nitrogen and oxygen atoms in total. The van der Waals surface area contributed by atoms with Crippen molar-refractivity contribution in [3.05, 3.63) is 11.8 Å². The highest BCUT2D eigenvalue weighted by Gasteiger charge is 2.76. The average molecular weight is 601 g/mol. The van der Waals surface area contributed by atoms with Crippen LogP contribution in [0, 0.1) is 34.5 Å². The summed E-state index contributed by atoms with van der Waals surface area (Å²) in [5.74, 6) is -2.87. The highest BCUT2D eigenvalue weighted by molar-refractivity contribution is 5.99. The van der Waals surface area contributed by atoms with Crippen LogP contribution in [-0.2, 0) is 33.3 Å². The molecule has 0 spiro atoms. The predicted molar refractivity (Wildman–Crippen MR) is 141 cm³/mol. The number of rotatable bonds is 5. The van der Waals surface area contributed by atoms with E-state index in [1.807, 2.05) is 13.8 Å². The van der Waals surface area contributed by atoms with Crippen LogP contribution in [0.4, 0.5) is 0 Å². The topological polar surface area (TPSA) is 202 Å². The minimum Gasteiger partial charge on any atom is -0.493 e. The van der Waals surface area contributed by atoms with Gasteiger partial charge in [-0.15, -0.1) is 0 Å². The molecule has 6 N–H and O–H groups in total. The lowest BCUT2D eigenvalue weighted by molar-refractivity contribution is -0.391. The molecule has 2 saturated heterocycles. The molecule has 0 aromatic rings. The zero-order valence-corrected chi connectivity index (χ0v) is 24.7. The number of methoxy groups -OCH3 is 1. The van der Waals surface area contributed by atoms with Crippen LogP contribution in [0.3, 0.4) is 0 Å². The molecule has 5 aliphatic rings. The van der Waals surface area contributed by atoms with Crippen LogP contribution in [-0.4, -0.2) is 117 Å². The highest BCUT2D eigenvalue weighted by atomic mass is 16.8. The van der Waals surface area contributed by atoms with Crippen LogP contribution in [0.1, 0.15) is 47.5 Å². The summed E-state index contributed by atoms with van der Waals surface area (Å²) in [7, 11) is 1.42. The summed E-state index contributed by atoms with van der Waals surface area (Å²) in [5, 5.41) is 64.6. The van der Waals surface area contributed by atoms with Gasteiger partial charge in [-0.3, -0.25) is 9.59 Å². The van der Waals surface area contributed by atoms with Gasteiger partial charge in [-0.05, 0) is 31.3 Å². The molecule has 238 valence electrons. The fourth-order valence-corrected chi connectivity index (χ4v) is 9.16. The van der Waals surface area contributed by atoms with Crippen molar-refractivity contribution in [2.24, 2.45) is 34.5 Å². The van der Waals surface area contributed by atoms with Crippen LogP contribution < -0.4 is 0 Å². The molecule has 13 heteroatoms. The predicted octanol–water partition coefficient (Wildman–Crippen LogP) is -1.01. The Morgan fingerprint density at radius 1 is 1.05 bits per heavy atom. The lowest BCUT2D eigenvalue weighted by Gasteiger charge is -2.70. The van der Waals surface area contributed by atoms with Crippen LogP contribution >= 0.6 is 0 Å². The maximum absolute atomic E-state index is 14.0. The van der Waals surface area contributed by atoms with Crippen molar-refractivity contribution in [3.63, 3.8) is 0 Å². The van der Waals surface area contributed by atoms with Gasteiger partial charge in [0.05, 0.1) is 25.9 Å². The number of ether oxygens (including phenoxy) is 5. The number of aliphatic hydroxyl groups is 6. The molecule has 0 radical (unpaired) electrons. The summed E-state index contributed by atoms with van der Waals surface area (Å²) in [4.78, 5) is 26.3. The number of esters is 1. The maximum Gasteiger partial charge on any atom is 0.303 e. The molecule has 16 atom stereocenters. The fourth-order valence-electron chi connectivity index (χ4n) is 9.16. The van der Waals surface area contributed by atoms with E-state index in [4.69, 9.17) is 23.7 Å². The second kappa shape index (κ2) is 10.7. The van der Waals surface area contributed by atoms with Crippen molar-refractivity contribution in [2.75, 3.05) is 13.7 Å². The molecule has 0 aromatic heterocycles.